The van der Waals surface area contributed by atoms with Crippen LogP contribution in [0.15, 0.2) is 11.5 Å². The second kappa shape index (κ2) is 11.3. The van der Waals surface area contributed by atoms with Gasteiger partial charge in [-0.1, -0.05) is 53.9 Å². The fourth-order valence-corrected chi connectivity index (χ4v) is 3.88. The van der Waals surface area contributed by atoms with Crippen molar-refractivity contribution in [1.29, 1.82) is 0 Å². The van der Waals surface area contributed by atoms with Gasteiger partial charge in [0.15, 0.2) is 0 Å². The Morgan fingerprint density at radius 2 is 1.68 bits per heavy atom. The minimum Gasteiger partial charge on any atom is -0.694 e. The molecule has 0 radical (unpaired) electrons. The summed E-state index contributed by atoms with van der Waals surface area (Å²) in [6.45, 7) is 17.4. The minimum absolute atomic E-state index is 0.130. The summed E-state index contributed by atoms with van der Waals surface area (Å²) in [5, 5.41) is 33.5. The number of hydrogen-bond donors (Lipinski definition) is 2. The molecule has 0 spiro atoms. The average molecular weight is 401 g/mol. The van der Waals surface area contributed by atoms with E-state index in [0.717, 1.165) is 18.8 Å². The van der Waals surface area contributed by atoms with E-state index < -0.39 is 23.8 Å². The van der Waals surface area contributed by atoms with Gasteiger partial charge in [0.25, 0.3) is 0 Å². The van der Waals surface area contributed by atoms with Crippen LogP contribution in [-0.2, 0) is 9.47 Å². The van der Waals surface area contributed by atoms with Crippen LogP contribution in [0.1, 0.15) is 88.0 Å². The molecule has 2 N–H and O–H groups in total. The molecule has 0 rings (SSSR count). The third-order valence-electron chi connectivity index (χ3n) is 6.84. The Labute approximate surface area is 173 Å². The molecule has 0 bridgehead atoms. The van der Waals surface area contributed by atoms with Crippen LogP contribution in [0.3, 0.4) is 0 Å². The zero-order valence-electron chi connectivity index (χ0n) is 19.8. The lowest BCUT2D eigenvalue weighted by Gasteiger charge is -2.48. The van der Waals surface area contributed by atoms with E-state index in [-0.39, 0.29) is 17.4 Å². The van der Waals surface area contributed by atoms with E-state index in [2.05, 4.69) is 27.7 Å². The third-order valence-corrected chi connectivity index (χ3v) is 6.84. The lowest BCUT2D eigenvalue weighted by atomic mass is 9.72. The Morgan fingerprint density at radius 3 is 2.07 bits per heavy atom. The van der Waals surface area contributed by atoms with Gasteiger partial charge in [-0.3, -0.25) is 0 Å². The van der Waals surface area contributed by atoms with E-state index in [0.29, 0.717) is 18.4 Å². The number of aliphatic hydroxyl groups is 2. The first kappa shape index (κ1) is 27.1. The smallest absolute Gasteiger partial charge is 0.0980 e. The van der Waals surface area contributed by atoms with Crippen molar-refractivity contribution >= 4 is 0 Å². The SMILES string of the molecule is CCC[C@](C)(OC)[C@H](C)[C@@H](C)[C-](C)C(C)=C([O-])O[C@@H](CC)[C@@](C)(O)[C@H](O)CC. The molecule has 0 amide bonds. The van der Waals surface area contributed by atoms with Gasteiger partial charge in [0.2, 0.25) is 0 Å². The van der Waals surface area contributed by atoms with Crippen molar-refractivity contribution in [2.24, 2.45) is 11.8 Å². The van der Waals surface area contributed by atoms with Crippen molar-refractivity contribution in [1.82, 2.24) is 0 Å². The van der Waals surface area contributed by atoms with Gasteiger partial charge in [-0.25, -0.2) is 5.92 Å². The Bertz CT molecular complexity index is 487. The molecule has 168 valence electrons. The molecule has 0 aromatic heterocycles. The molecule has 0 aromatic carbocycles. The molecule has 0 aliphatic heterocycles. The van der Waals surface area contributed by atoms with Crippen LogP contribution in [0.4, 0.5) is 0 Å². The molecule has 6 atom stereocenters. The van der Waals surface area contributed by atoms with Crippen LogP contribution in [0, 0.1) is 17.8 Å². The van der Waals surface area contributed by atoms with Crippen molar-refractivity contribution in [2.45, 2.75) is 111 Å². The van der Waals surface area contributed by atoms with Crippen molar-refractivity contribution in [2.75, 3.05) is 7.11 Å². The van der Waals surface area contributed by atoms with E-state index in [9.17, 15) is 15.3 Å². The number of methoxy groups -OCH3 is 1. The number of ether oxygens (including phenoxy) is 2. The fraction of sp³-hybridized carbons (Fsp3) is 0.870. The summed E-state index contributed by atoms with van der Waals surface area (Å²) in [7, 11) is 1.74. The topological polar surface area (TPSA) is 82.0 Å². The molecule has 0 unspecified atom stereocenters. The largest absolute Gasteiger partial charge is 0.694 e. The van der Waals surface area contributed by atoms with Crippen LogP contribution in [0.2, 0.25) is 0 Å². The van der Waals surface area contributed by atoms with Gasteiger partial charge in [0, 0.05) is 13.2 Å². The van der Waals surface area contributed by atoms with Crippen molar-refractivity contribution in [3.05, 3.63) is 17.4 Å². The molecule has 0 aliphatic carbocycles. The van der Waals surface area contributed by atoms with Crippen LogP contribution < -0.4 is 5.11 Å². The molecule has 5 heteroatoms. The van der Waals surface area contributed by atoms with Crippen molar-refractivity contribution in [3.63, 3.8) is 0 Å². The lowest BCUT2D eigenvalue weighted by Crippen LogP contribution is -2.51. The number of aliphatic hydroxyl groups excluding tert-OH is 1. The van der Waals surface area contributed by atoms with Gasteiger partial charge in [0.05, 0.1) is 17.3 Å². The van der Waals surface area contributed by atoms with Gasteiger partial charge in [-0.2, -0.15) is 5.57 Å². The number of hydrogen-bond acceptors (Lipinski definition) is 5. The highest BCUT2D eigenvalue weighted by molar-refractivity contribution is 5.23. The summed E-state index contributed by atoms with van der Waals surface area (Å²) in [4.78, 5) is 0. The molecule has 28 heavy (non-hydrogen) atoms. The van der Waals surface area contributed by atoms with Gasteiger partial charge in [-0.05, 0) is 39.0 Å². The highest BCUT2D eigenvalue weighted by atomic mass is 16.6. The quantitative estimate of drug-likeness (QED) is 0.361. The van der Waals surface area contributed by atoms with Gasteiger partial charge in [-0.15, -0.1) is 12.9 Å². The Hall–Kier alpha value is -0.910. The van der Waals surface area contributed by atoms with Gasteiger partial charge in [0.1, 0.15) is 0 Å². The molecular weight excluding hydrogens is 356 g/mol. The summed E-state index contributed by atoms with van der Waals surface area (Å²) in [5.74, 6) is 0.863. The minimum atomic E-state index is -1.48. The van der Waals surface area contributed by atoms with Crippen LogP contribution >= 0.6 is 0 Å². The van der Waals surface area contributed by atoms with Crippen molar-refractivity contribution < 1.29 is 24.8 Å². The fourth-order valence-electron chi connectivity index (χ4n) is 3.88. The number of rotatable bonds is 13. The molecule has 5 nitrogen and oxygen atoms in total. The molecule has 0 fully saturated rings. The second-order valence-electron chi connectivity index (χ2n) is 8.60. The summed E-state index contributed by atoms with van der Waals surface area (Å²) >= 11 is 0. The van der Waals surface area contributed by atoms with E-state index in [4.69, 9.17) is 9.47 Å². The van der Waals surface area contributed by atoms with E-state index in [1.54, 1.807) is 21.0 Å². The highest BCUT2D eigenvalue weighted by Gasteiger charge is 2.35. The zero-order chi connectivity index (χ0) is 22.3. The maximum Gasteiger partial charge on any atom is 0.0980 e. The first-order valence-corrected chi connectivity index (χ1v) is 10.7. The molecule has 0 saturated heterocycles. The third kappa shape index (κ3) is 6.30. The zero-order valence-corrected chi connectivity index (χ0v) is 19.8. The summed E-state index contributed by atoms with van der Waals surface area (Å²) in [6.07, 6.45) is 1.06. The standard InChI is InChI=1S/C23H45O5/c1-11-14-22(8,27-10)18(7)16(5)15(4)17(6)21(25)28-20(13-3)23(9,26)19(24)12-2/h16,18-20,24-26H,11-14H2,1-10H3/q-1/p-1/t16-,18+,19+,20-,22-,23-/m0/s1. The monoisotopic (exact) mass is 400 g/mol. The Morgan fingerprint density at radius 1 is 1.14 bits per heavy atom. The molecule has 0 aromatic rings. The van der Waals surface area contributed by atoms with Crippen LogP contribution in [0.25, 0.3) is 0 Å². The lowest BCUT2D eigenvalue weighted by molar-refractivity contribution is -0.372. The predicted molar refractivity (Wildman–Crippen MR) is 112 cm³/mol. The summed E-state index contributed by atoms with van der Waals surface area (Å²) in [5.41, 5.74) is -1.20. The average Bonchev–Trinajstić information content (AvgIpc) is 2.68. The molecular formula is C23H44O5-2. The molecule has 0 saturated carbocycles. The van der Waals surface area contributed by atoms with E-state index in [1.165, 1.54) is 6.92 Å². The maximum absolute atomic E-state index is 12.8. The van der Waals surface area contributed by atoms with Crippen LogP contribution in [-0.4, -0.2) is 40.7 Å². The summed E-state index contributed by atoms with van der Waals surface area (Å²) in [6, 6.07) is 0. The van der Waals surface area contributed by atoms with Crippen molar-refractivity contribution in [3.8, 4) is 0 Å². The first-order chi connectivity index (χ1) is 12.8. The maximum atomic E-state index is 12.8. The second-order valence-corrected chi connectivity index (χ2v) is 8.60. The van der Waals surface area contributed by atoms with Crippen LogP contribution in [0.5, 0.6) is 0 Å². The highest BCUT2D eigenvalue weighted by Crippen LogP contribution is 2.39. The first-order valence-electron chi connectivity index (χ1n) is 10.7. The normalized spacial score (nSPS) is 21.6. The van der Waals surface area contributed by atoms with Gasteiger partial charge >= 0.3 is 0 Å². The molecule has 0 aliphatic rings. The Balaban J connectivity index is 5.49. The summed E-state index contributed by atoms with van der Waals surface area (Å²) < 4.78 is 11.4. The van der Waals surface area contributed by atoms with E-state index >= 15 is 0 Å². The predicted octanol–water partition coefficient (Wildman–Crippen LogP) is 3.97. The van der Waals surface area contributed by atoms with E-state index in [1.807, 2.05) is 13.8 Å². The van der Waals surface area contributed by atoms with Gasteiger partial charge < -0.3 is 24.8 Å². The molecule has 0 heterocycles. The Kier molecular flexibility index (Phi) is 11.0. The number of allylic oxidation sites excluding steroid dienone is 1.